The van der Waals surface area contributed by atoms with Crippen LogP contribution in [0, 0.1) is 0 Å². The molecular weight excluding hydrogens is 286 g/mol. The number of alkyl halides is 7. The molecule has 1 aromatic carbocycles. The van der Waals surface area contributed by atoms with E-state index in [0.717, 1.165) is 0 Å². The first-order chi connectivity index (χ1) is 8.11. The summed E-state index contributed by atoms with van der Waals surface area (Å²) in [6.07, 6.45) is -10.1. The number of carbonyl (C=O) groups excluding carboxylic acids is 1. The van der Waals surface area contributed by atoms with Gasteiger partial charge in [0, 0.05) is 11.4 Å². The smallest absolute Gasteiger partial charge is 0.298 e. The average Bonchev–Trinajstić information content (AvgIpc) is 2.24. The summed E-state index contributed by atoms with van der Waals surface area (Å²) < 4.78 is 74.9. The molecule has 0 fully saturated rings. The van der Waals surface area contributed by atoms with Crippen molar-refractivity contribution in [2.45, 2.75) is 18.2 Å². The van der Waals surface area contributed by atoms with Gasteiger partial charge in [0.15, 0.2) is 0 Å². The van der Waals surface area contributed by atoms with Gasteiger partial charge in [-0.3, -0.25) is 4.79 Å². The largest absolute Gasteiger partial charge is 0.416 e. The number of hydrogen-bond donors (Lipinski definition) is 0. The number of carbonyl (C=O) groups is 1. The quantitative estimate of drug-likeness (QED) is 0.451. The lowest BCUT2D eigenvalue weighted by atomic mass is 9.98. The summed E-state index contributed by atoms with van der Waals surface area (Å²) in [6, 6.07) is 0.296. The first-order valence-electron chi connectivity index (χ1n) is 4.43. The van der Waals surface area contributed by atoms with Gasteiger partial charge in [0.1, 0.15) is 6.29 Å². The Morgan fingerprint density at radius 1 is 1.06 bits per heavy atom. The predicted molar refractivity (Wildman–Crippen MR) is 51.4 cm³/mol. The molecule has 0 heterocycles. The molecule has 1 aromatic rings. The Bertz CT molecular complexity index is 463. The summed E-state index contributed by atoms with van der Waals surface area (Å²) in [5.74, 6) is -0.707. The van der Waals surface area contributed by atoms with Gasteiger partial charge in [-0.2, -0.15) is 26.3 Å². The monoisotopic (exact) mass is 290 g/mol. The Hall–Kier alpha value is -1.24. The Kier molecular flexibility index (Phi) is 3.95. The molecule has 100 valence electrons. The molecule has 1 nitrogen and oxygen atoms in total. The fraction of sp³-hybridized carbons (Fsp3) is 0.300. The van der Waals surface area contributed by atoms with E-state index in [1.807, 2.05) is 0 Å². The topological polar surface area (TPSA) is 17.1 Å². The van der Waals surface area contributed by atoms with E-state index >= 15 is 0 Å². The lowest BCUT2D eigenvalue weighted by Crippen LogP contribution is -2.15. The van der Waals surface area contributed by atoms with Crippen LogP contribution in [0.4, 0.5) is 26.3 Å². The summed E-state index contributed by atoms with van der Waals surface area (Å²) >= 11 is 5.25. The third kappa shape index (κ3) is 2.95. The van der Waals surface area contributed by atoms with Crippen molar-refractivity contribution in [3.8, 4) is 0 Å². The van der Waals surface area contributed by atoms with E-state index in [2.05, 4.69) is 0 Å². The maximum Gasteiger partial charge on any atom is 0.416 e. The number of rotatable bonds is 2. The molecule has 0 N–H and O–H groups in total. The highest BCUT2D eigenvalue weighted by atomic mass is 35.5. The summed E-state index contributed by atoms with van der Waals surface area (Å²) in [6.45, 7) is 0. The Morgan fingerprint density at radius 2 is 1.61 bits per heavy atom. The molecule has 18 heavy (non-hydrogen) atoms. The minimum Gasteiger partial charge on any atom is -0.298 e. The van der Waals surface area contributed by atoms with Crippen LogP contribution in [0.25, 0.3) is 0 Å². The SMILES string of the molecule is O=Cc1cc(C(F)(F)F)cc(C(F)(F)F)c1CCl. The first-order valence-corrected chi connectivity index (χ1v) is 4.97. The van der Waals surface area contributed by atoms with Gasteiger partial charge >= 0.3 is 12.4 Å². The maximum atomic E-state index is 12.6. The second-order valence-corrected chi connectivity index (χ2v) is 3.61. The van der Waals surface area contributed by atoms with Gasteiger partial charge in [-0.1, -0.05) is 0 Å². The highest BCUT2D eigenvalue weighted by Crippen LogP contribution is 2.39. The molecule has 0 aromatic heterocycles. The molecule has 0 aliphatic heterocycles. The number of benzene rings is 1. The second-order valence-electron chi connectivity index (χ2n) is 3.34. The van der Waals surface area contributed by atoms with E-state index in [1.165, 1.54) is 0 Å². The van der Waals surface area contributed by atoms with Crippen molar-refractivity contribution in [2.75, 3.05) is 0 Å². The van der Waals surface area contributed by atoms with Crippen molar-refractivity contribution in [1.82, 2.24) is 0 Å². The third-order valence-corrected chi connectivity index (χ3v) is 2.45. The lowest BCUT2D eigenvalue weighted by molar-refractivity contribution is -0.143. The standard InChI is InChI=1S/C10H5ClF6O/c11-3-7-5(4-18)1-6(9(12,13)14)2-8(7)10(15,16)17/h1-2,4H,3H2. The Balaban J connectivity index is 3.62. The van der Waals surface area contributed by atoms with E-state index in [-0.39, 0.29) is 12.4 Å². The number of aldehydes is 1. The molecular formula is C10H5ClF6O. The fourth-order valence-corrected chi connectivity index (χ4v) is 1.66. The molecule has 0 bridgehead atoms. The van der Waals surface area contributed by atoms with E-state index in [4.69, 9.17) is 11.6 Å². The molecule has 0 aliphatic carbocycles. The van der Waals surface area contributed by atoms with Gasteiger partial charge in [-0.15, -0.1) is 11.6 Å². The van der Waals surface area contributed by atoms with Crippen LogP contribution in [0.15, 0.2) is 12.1 Å². The van der Waals surface area contributed by atoms with E-state index in [0.29, 0.717) is 6.07 Å². The number of halogens is 7. The van der Waals surface area contributed by atoms with Crippen LogP contribution in [0.2, 0.25) is 0 Å². The molecule has 0 radical (unpaired) electrons. The van der Waals surface area contributed by atoms with Gasteiger partial charge < -0.3 is 0 Å². The second kappa shape index (κ2) is 4.79. The third-order valence-electron chi connectivity index (χ3n) is 2.18. The maximum absolute atomic E-state index is 12.6. The highest BCUT2D eigenvalue weighted by Gasteiger charge is 2.39. The van der Waals surface area contributed by atoms with Crippen LogP contribution in [-0.4, -0.2) is 6.29 Å². The molecule has 0 spiro atoms. The van der Waals surface area contributed by atoms with Crippen LogP contribution in [-0.2, 0) is 18.2 Å². The molecule has 0 aliphatic rings. The Morgan fingerprint density at radius 3 is 1.94 bits per heavy atom. The summed E-state index contributed by atoms with van der Waals surface area (Å²) in [5, 5.41) is 0. The van der Waals surface area contributed by atoms with Crippen LogP contribution in [0.3, 0.4) is 0 Å². The van der Waals surface area contributed by atoms with Crippen molar-refractivity contribution in [3.63, 3.8) is 0 Å². The van der Waals surface area contributed by atoms with Gasteiger partial charge in [0.05, 0.1) is 11.1 Å². The van der Waals surface area contributed by atoms with Crippen LogP contribution in [0.1, 0.15) is 27.0 Å². The molecule has 0 saturated carbocycles. The average molecular weight is 291 g/mol. The molecule has 0 saturated heterocycles. The van der Waals surface area contributed by atoms with Gasteiger partial charge in [-0.25, -0.2) is 0 Å². The van der Waals surface area contributed by atoms with E-state index < -0.39 is 40.5 Å². The van der Waals surface area contributed by atoms with Crippen molar-refractivity contribution >= 4 is 17.9 Å². The minimum absolute atomic E-state index is 0.0509. The van der Waals surface area contributed by atoms with Crippen LogP contribution in [0.5, 0.6) is 0 Å². The summed E-state index contributed by atoms with van der Waals surface area (Å²) in [4.78, 5) is 10.6. The van der Waals surface area contributed by atoms with Gasteiger partial charge in [0.25, 0.3) is 0 Å². The van der Waals surface area contributed by atoms with Crippen molar-refractivity contribution in [3.05, 3.63) is 34.4 Å². The Labute approximate surface area is 102 Å². The molecule has 8 heteroatoms. The molecule has 0 atom stereocenters. The van der Waals surface area contributed by atoms with E-state index in [1.54, 1.807) is 0 Å². The summed E-state index contributed by atoms with van der Waals surface area (Å²) in [7, 11) is 0. The van der Waals surface area contributed by atoms with Crippen molar-refractivity contribution in [1.29, 1.82) is 0 Å². The summed E-state index contributed by atoms with van der Waals surface area (Å²) in [5.41, 5.74) is -4.46. The molecule has 0 unspecified atom stereocenters. The zero-order chi connectivity index (χ0) is 14.1. The van der Waals surface area contributed by atoms with Crippen LogP contribution >= 0.6 is 11.6 Å². The lowest BCUT2D eigenvalue weighted by Gasteiger charge is -2.16. The normalized spacial score (nSPS) is 12.6. The van der Waals surface area contributed by atoms with Crippen molar-refractivity contribution in [2.24, 2.45) is 0 Å². The fourth-order valence-electron chi connectivity index (χ4n) is 1.37. The van der Waals surface area contributed by atoms with Crippen molar-refractivity contribution < 1.29 is 31.1 Å². The zero-order valence-electron chi connectivity index (χ0n) is 8.49. The zero-order valence-corrected chi connectivity index (χ0v) is 9.25. The van der Waals surface area contributed by atoms with Gasteiger partial charge in [-0.05, 0) is 17.7 Å². The van der Waals surface area contributed by atoms with Gasteiger partial charge in [0.2, 0.25) is 0 Å². The first kappa shape index (κ1) is 14.8. The molecule has 0 amide bonds. The minimum atomic E-state index is -5.01. The predicted octanol–water partition coefficient (Wildman–Crippen LogP) is 4.28. The molecule has 1 rings (SSSR count). The van der Waals surface area contributed by atoms with E-state index in [9.17, 15) is 31.1 Å². The number of hydrogen-bond acceptors (Lipinski definition) is 1. The van der Waals surface area contributed by atoms with Crippen LogP contribution < -0.4 is 0 Å². The highest BCUT2D eigenvalue weighted by molar-refractivity contribution is 6.17.